The number of primary amides is 1. The first kappa shape index (κ1) is 22.3. The average molecular weight is 475 g/mol. The van der Waals surface area contributed by atoms with E-state index in [2.05, 4.69) is 33.0 Å². The summed E-state index contributed by atoms with van der Waals surface area (Å²) in [6.07, 6.45) is 0. The van der Waals surface area contributed by atoms with Gasteiger partial charge in [-0.1, -0.05) is 42.5 Å². The van der Waals surface area contributed by atoms with Gasteiger partial charge in [-0.2, -0.15) is 0 Å². The van der Waals surface area contributed by atoms with Crippen molar-refractivity contribution in [2.45, 2.75) is 13.1 Å². The van der Waals surface area contributed by atoms with Crippen LogP contribution < -0.4 is 16.4 Å². The first-order chi connectivity index (χ1) is 16.7. The maximum absolute atomic E-state index is 11.1. The standard InChI is InChI=1S/C25H26N6O2S/c26-25(32)28-19-8-6-17(7-9-19)14-27-23-22-20(18-4-2-1-3-5-18)16-34-24(22)30-21(29-23)15-31-10-12-33-13-11-31/h1-9,16H,10-15H2,(H3,26,28,32)(H,27,29,30). The van der Waals surface area contributed by atoms with Crippen molar-refractivity contribution < 1.29 is 9.53 Å². The maximum Gasteiger partial charge on any atom is 0.316 e. The van der Waals surface area contributed by atoms with Gasteiger partial charge in [0, 0.05) is 36.3 Å². The number of thiophene rings is 1. The Kier molecular flexibility index (Phi) is 6.66. The summed E-state index contributed by atoms with van der Waals surface area (Å²) in [5.41, 5.74) is 9.19. The Morgan fingerprint density at radius 3 is 2.56 bits per heavy atom. The molecule has 0 spiro atoms. The Hall–Kier alpha value is -3.53. The highest BCUT2D eigenvalue weighted by atomic mass is 32.1. The number of amides is 2. The van der Waals surface area contributed by atoms with Crippen molar-refractivity contribution in [3.63, 3.8) is 0 Å². The van der Waals surface area contributed by atoms with Crippen LogP contribution in [0.5, 0.6) is 0 Å². The van der Waals surface area contributed by atoms with Crippen LogP contribution in [0.15, 0.2) is 60.0 Å². The number of anilines is 2. The molecule has 34 heavy (non-hydrogen) atoms. The molecular formula is C25H26N6O2S. The highest BCUT2D eigenvalue weighted by Gasteiger charge is 2.18. The monoisotopic (exact) mass is 474 g/mol. The van der Waals surface area contributed by atoms with Crippen LogP contribution in [-0.4, -0.2) is 47.2 Å². The Labute approximate surface area is 201 Å². The molecule has 4 aromatic rings. The number of nitrogens with one attached hydrogen (secondary N) is 2. The first-order valence-electron chi connectivity index (χ1n) is 11.2. The molecule has 1 aliphatic rings. The lowest BCUT2D eigenvalue weighted by Gasteiger charge is -2.25. The number of rotatable bonds is 7. The van der Waals surface area contributed by atoms with E-state index in [1.54, 1.807) is 11.3 Å². The normalized spacial score (nSPS) is 14.2. The van der Waals surface area contributed by atoms with Crippen molar-refractivity contribution in [3.05, 3.63) is 71.4 Å². The van der Waals surface area contributed by atoms with E-state index in [0.717, 1.165) is 64.9 Å². The number of carbonyl (C=O) groups excluding carboxylic acids is 1. The molecule has 8 nitrogen and oxygen atoms in total. The van der Waals surface area contributed by atoms with Gasteiger partial charge in [0.1, 0.15) is 16.5 Å². The van der Waals surface area contributed by atoms with Gasteiger partial charge in [-0.3, -0.25) is 4.90 Å². The zero-order valence-electron chi connectivity index (χ0n) is 18.7. The Bertz CT molecular complexity index is 1270. The molecule has 0 atom stereocenters. The molecule has 1 aliphatic heterocycles. The van der Waals surface area contributed by atoms with Gasteiger partial charge in [0.15, 0.2) is 0 Å². The molecule has 1 fully saturated rings. The lowest BCUT2D eigenvalue weighted by molar-refractivity contribution is 0.0331. The van der Waals surface area contributed by atoms with Crippen molar-refractivity contribution in [2.75, 3.05) is 36.9 Å². The largest absolute Gasteiger partial charge is 0.379 e. The summed E-state index contributed by atoms with van der Waals surface area (Å²) in [5.74, 6) is 1.63. The molecule has 0 bridgehead atoms. The van der Waals surface area contributed by atoms with Gasteiger partial charge >= 0.3 is 6.03 Å². The topological polar surface area (TPSA) is 105 Å². The number of fused-ring (bicyclic) bond motifs is 1. The fourth-order valence-electron chi connectivity index (χ4n) is 4.01. The summed E-state index contributed by atoms with van der Waals surface area (Å²) in [5, 5.41) is 9.31. The van der Waals surface area contributed by atoms with E-state index in [1.165, 1.54) is 0 Å². The van der Waals surface area contributed by atoms with Crippen molar-refractivity contribution in [3.8, 4) is 11.1 Å². The molecule has 0 unspecified atom stereocenters. The summed E-state index contributed by atoms with van der Waals surface area (Å²) in [6.45, 7) is 4.53. The number of nitrogens with zero attached hydrogens (tertiary/aromatic N) is 3. The third kappa shape index (κ3) is 5.17. The second-order valence-electron chi connectivity index (χ2n) is 8.11. The van der Waals surface area contributed by atoms with Gasteiger partial charge in [-0.15, -0.1) is 11.3 Å². The SMILES string of the molecule is NC(=O)Nc1ccc(CNc2nc(CN3CCOCC3)nc3scc(-c4ccccc4)c23)cc1. The number of nitrogens with two attached hydrogens (primary N) is 1. The summed E-state index contributed by atoms with van der Waals surface area (Å²) in [7, 11) is 0. The minimum atomic E-state index is -0.576. The molecule has 9 heteroatoms. The Balaban J connectivity index is 1.45. The van der Waals surface area contributed by atoms with E-state index >= 15 is 0 Å². The molecule has 5 rings (SSSR count). The minimum Gasteiger partial charge on any atom is -0.379 e. The second kappa shape index (κ2) is 10.2. The van der Waals surface area contributed by atoms with Crippen LogP contribution in [0.1, 0.15) is 11.4 Å². The van der Waals surface area contributed by atoms with Gasteiger partial charge in [0.05, 0.1) is 25.1 Å². The van der Waals surface area contributed by atoms with E-state index in [9.17, 15) is 4.79 Å². The predicted octanol–water partition coefficient (Wildman–Crippen LogP) is 4.29. The van der Waals surface area contributed by atoms with E-state index in [0.29, 0.717) is 18.8 Å². The molecule has 3 heterocycles. The third-order valence-electron chi connectivity index (χ3n) is 5.71. The van der Waals surface area contributed by atoms with Crippen LogP contribution in [0, 0.1) is 0 Å². The van der Waals surface area contributed by atoms with Crippen molar-refractivity contribution in [2.24, 2.45) is 5.73 Å². The van der Waals surface area contributed by atoms with E-state index in [-0.39, 0.29) is 0 Å². The van der Waals surface area contributed by atoms with Crippen LogP contribution >= 0.6 is 11.3 Å². The molecule has 0 aliphatic carbocycles. The van der Waals surface area contributed by atoms with Crippen molar-refractivity contribution >= 4 is 39.1 Å². The van der Waals surface area contributed by atoms with Crippen LogP contribution in [-0.2, 0) is 17.8 Å². The summed E-state index contributed by atoms with van der Waals surface area (Å²) >= 11 is 1.64. The molecule has 2 aromatic carbocycles. The Morgan fingerprint density at radius 2 is 1.82 bits per heavy atom. The zero-order chi connectivity index (χ0) is 23.3. The molecule has 4 N–H and O–H groups in total. The third-order valence-corrected chi connectivity index (χ3v) is 6.59. The highest BCUT2D eigenvalue weighted by Crippen LogP contribution is 2.37. The van der Waals surface area contributed by atoms with Crippen LogP contribution in [0.25, 0.3) is 21.3 Å². The van der Waals surface area contributed by atoms with Gasteiger partial charge in [-0.05, 0) is 23.3 Å². The molecule has 2 aromatic heterocycles. The lowest BCUT2D eigenvalue weighted by atomic mass is 10.1. The molecule has 0 saturated carbocycles. The maximum atomic E-state index is 11.1. The van der Waals surface area contributed by atoms with Crippen LogP contribution in [0.3, 0.4) is 0 Å². The van der Waals surface area contributed by atoms with Crippen LogP contribution in [0.2, 0.25) is 0 Å². The number of benzene rings is 2. The van der Waals surface area contributed by atoms with E-state index in [4.69, 9.17) is 20.4 Å². The number of urea groups is 1. The quantitative estimate of drug-likeness (QED) is 0.369. The predicted molar refractivity (Wildman–Crippen MR) is 136 cm³/mol. The fourth-order valence-corrected chi connectivity index (χ4v) is 4.97. The zero-order valence-corrected chi connectivity index (χ0v) is 19.5. The number of hydrogen-bond acceptors (Lipinski definition) is 7. The second-order valence-corrected chi connectivity index (χ2v) is 8.97. The molecule has 2 amide bonds. The summed E-state index contributed by atoms with van der Waals surface area (Å²) < 4.78 is 5.48. The first-order valence-corrected chi connectivity index (χ1v) is 12.1. The number of aromatic nitrogens is 2. The number of morpholine rings is 1. The average Bonchev–Trinajstić information content (AvgIpc) is 3.28. The van der Waals surface area contributed by atoms with Crippen molar-refractivity contribution in [1.29, 1.82) is 0 Å². The number of hydrogen-bond donors (Lipinski definition) is 3. The molecule has 1 saturated heterocycles. The molecule has 174 valence electrons. The van der Waals surface area contributed by atoms with Crippen LogP contribution in [0.4, 0.5) is 16.3 Å². The highest BCUT2D eigenvalue weighted by molar-refractivity contribution is 7.17. The fraction of sp³-hybridized carbons (Fsp3) is 0.240. The van der Waals surface area contributed by atoms with Gasteiger partial charge in [0.25, 0.3) is 0 Å². The van der Waals surface area contributed by atoms with E-state index < -0.39 is 6.03 Å². The van der Waals surface area contributed by atoms with Gasteiger partial charge < -0.3 is 21.1 Å². The summed E-state index contributed by atoms with van der Waals surface area (Å²) in [6, 6.07) is 17.3. The lowest BCUT2D eigenvalue weighted by Crippen LogP contribution is -2.36. The van der Waals surface area contributed by atoms with Crippen molar-refractivity contribution in [1.82, 2.24) is 14.9 Å². The number of carbonyl (C=O) groups is 1. The van der Waals surface area contributed by atoms with Gasteiger partial charge in [-0.25, -0.2) is 14.8 Å². The molecule has 0 radical (unpaired) electrons. The number of ether oxygens (including phenoxy) is 1. The van der Waals surface area contributed by atoms with Gasteiger partial charge in [0.2, 0.25) is 0 Å². The Morgan fingerprint density at radius 1 is 1.06 bits per heavy atom. The molecular weight excluding hydrogens is 448 g/mol. The smallest absolute Gasteiger partial charge is 0.316 e. The van der Waals surface area contributed by atoms with E-state index in [1.807, 2.05) is 42.5 Å². The minimum absolute atomic E-state index is 0.576. The summed E-state index contributed by atoms with van der Waals surface area (Å²) in [4.78, 5) is 24.2.